The van der Waals surface area contributed by atoms with Crippen molar-refractivity contribution in [1.82, 2.24) is 0 Å². The molecule has 2 nitrogen and oxygen atoms in total. The van der Waals surface area contributed by atoms with E-state index in [1.165, 1.54) is 0 Å². The quantitative estimate of drug-likeness (QED) is 0.731. The van der Waals surface area contributed by atoms with E-state index in [0.29, 0.717) is 0 Å². The smallest absolute Gasteiger partial charge is 0.227 e. The molecule has 1 amide bonds. The van der Waals surface area contributed by atoms with Gasteiger partial charge in [-0.15, -0.1) is 6.58 Å². The molecule has 80 valence electrons. The van der Waals surface area contributed by atoms with Gasteiger partial charge < -0.3 is 5.32 Å². The Hall–Kier alpha value is -1.57. The molecule has 15 heavy (non-hydrogen) atoms. The van der Waals surface area contributed by atoms with Crippen LogP contribution in [-0.4, -0.2) is 5.91 Å². The first-order valence-electron chi connectivity index (χ1n) is 5.24. The third-order valence-electron chi connectivity index (χ3n) is 2.36. The molecule has 0 aliphatic heterocycles. The number of para-hydroxylation sites is 1. The number of hydrogen-bond acceptors (Lipinski definition) is 1. The van der Waals surface area contributed by atoms with Crippen LogP contribution >= 0.6 is 0 Å². The number of carbonyl (C=O) groups excluding carboxylic acids is 1. The monoisotopic (exact) mass is 203 g/mol. The van der Waals surface area contributed by atoms with E-state index < -0.39 is 0 Å². The average molecular weight is 203 g/mol. The molecular formula is C13H17NO. The Bertz CT molecular complexity index is 319. The zero-order chi connectivity index (χ0) is 11.1. The molecule has 0 fully saturated rings. The predicted molar refractivity (Wildman–Crippen MR) is 63.7 cm³/mol. The Morgan fingerprint density at radius 2 is 2.13 bits per heavy atom. The summed E-state index contributed by atoms with van der Waals surface area (Å²) in [6.07, 6.45) is 3.36. The van der Waals surface area contributed by atoms with Gasteiger partial charge in [-0.3, -0.25) is 4.79 Å². The van der Waals surface area contributed by atoms with Crippen LogP contribution in [0.25, 0.3) is 0 Å². The molecule has 1 aromatic carbocycles. The van der Waals surface area contributed by atoms with E-state index in [2.05, 4.69) is 11.9 Å². The van der Waals surface area contributed by atoms with Crippen molar-refractivity contribution in [3.05, 3.63) is 43.0 Å². The van der Waals surface area contributed by atoms with Crippen LogP contribution in [0.15, 0.2) is 43.0 Å². The first-order chi connectivity index (χ1) is 7.27. The fraction of sp³-hybridized carbons (Fsp3) is 0.308. The topological polar surface area (TPSA) is 29.1 Å². The normalized spacial score (nSPS) is 11.8. The second-order valence-electron chi connectivity index (χ2n) is 3.48. The van der Waals surface area contributed by atoms with Crippen LogP contribution < -0.4 is 5.32 Å². The van der Waals surface area contributed by atoms with Gasteiger partial charge in [-0.1, -0.05) is 31.2 Å². The van der Waals surface area contributed by atoms with E-state index in [4.69, 9.17) is 0 Å². The van der Waals surface area contributed by atoms with Crippen LogP contribution in [0.3, 0.4) is 0 Å². The molecule has 0 aliphatic carbocycles. The van der Waals surface area contributed by atoms with Crippen LogP contribution in [-0.2, 0) is 4.79 Å². The van der Waals surface area contributed by atoms with Gasteiger partial charge in [0.25, 0.3) is 0 Å². The minimum absolute atomic E-state index is 0.0303. The Labute approximate surface area is 91.0 Å². The van der Waals surface area contributed by atoms with E-state index in [-0.39, 0.29) is 11.8 Å². The predicted octanol–water partition coefficient (Wildman–Crippen LogP) is 3.23. The number of allylic oxidation sites excluding steroid dienone is 1. The first kappa shape index (κ1) is 11.5. The highest BCUT2D eigenvalue weighted by Crippen LogP contribution is 2.13. The van der Waals surface area contributed by atoms with Crippen molar-refractivity contribution in [2.75, 3.05) is 5.32 Å². The van der Waals surface area contributed by atoms with Gasteiger partial charge in [-0.25, -0.2) is 0 Å². The summed E-state index contributed by atoms with van der Waals surface area (Å²) in [7, 11) is 0. The summed E-state index contributed by atoms with van der Waals surface area (Å²) >= 11 is 0. The maximum absolute atomic E-state index is 11.8. The highest BCUT2D eigenvalue weighted by molar-refractivity contribution is 5.92. The molecule has 0 heterocycles. The average Bonchev–Trinajstić information content (AvgIpc) is 2.27. The molecule has 1 N–H and O–H groups in total. The molecule has 0 unspecified atom stereocenters. The van der Waals surface area contributed by atoms with E-state index in [9.17, 15) is 4.79 Å². The number of nitrogens with one attached hydrogen (secondary N) is 1. The Kier molecular flexibility index (Phi) is 4.61. The molecule has 0 saturated heterocycles. The van der Waals surface area contributed by atoms with E-state index >= 15 is 0 Å². The molecule has 0 radical (unpaired) electrons. The molecule has 0 spiro atoms. The van der Waals surface area contributed by atoms with Crippen molar-refractivity contribution >= 4 is 11.6 Å². The number of amides is 1. The van der Waals surface area contributed by atoms with Crippen molar-refractivity contribution < 1.29 is 4.79 Å². The Morgan fingerprint density at radius 1 is 1.47 bits per heavy atom. The molecule has 1 rings (SSSR count). The summed E-state index contributed by atoms with van der Waals surface area (Å²) in [6.45, 7) is 5.67. The van der Waals surface area contributed by atoms with E-state index in [1.807, 2.05) is 37.3 Å². The van der Waals surface area contributed by atoms with E-state index in [1.54, 1.807) is 6.08 Å². The van der Waals surface area contributed by atoms with Crippen molar-refractivity contribution in [1.29, 1.82) is 0 Å². The Balaban J connectivity index is 2.58. The highest BCUT2D eigenvalue weighted by atomic mass is 16.1. The minimum atomic E-state index is 0.0303. The summed E-state index contributed by atoms with van der Waals surface area (Å²) in [5.74, 6) is 0.103. The maximum atomic E-state index is 11.8. The van der Waals surface area contributed by atoms with Crippen LogP contribution in [0.5, 0.6) is 0 Å². The zero-order valence-electron chi connectivity index (χ0n) is 9.07. The van der Waals surface area contributed by atoms with Crippen molar-refractivity contribution in [2.24, 2.45) is 5.92 Å². The molecule has 0 bridgehead atoms. The molecular weight excluding hydrogens is 186 g/mol. The second kappa shape index (κ2) is 6.02. The summed E-state index contributed by atoms with van der Waals surface area (Å²) in [5.41, 5.74) is 0.852. The lowest BCUT2D eigenvalue weighted by Gasteiger charge is -2.12. The summed E-state index contributed by atoms with van der Waals surface area (Å²) < 4.78 is 0. The summed E-state index contributed by atoms with van der Waals surface area (Å²) in [6, 6.07) is 9.52. The Morgan fingerprint density at radius 3 is 2.67 bits per heavy atom. The third-order valence-corrected chi connectivity index (χ3v) is 2.36. The molecule has 1 atom stereocenters. The van der Waals surface area contributed by atoms with Crippen LogP contribution in [0.4, 0.5) is 5.69 Å². The lowest BCUT2D eigenvalue weighted by Crippen LogP contribution is -2.21. The zero-order valence-corrected chi connectivity index (χ0v) is 9.07. The van der Waals surface area contributed by atoms with Gasteiger partial charge >= 0.3 is 0 Å². The summed E-state index contributed by atoms with van der Waals surface area (Å²) in [5, 5.41) is 2.89. The first-order valence-corrected chi connectivity index (χ1v) is 5.24. The SMILES string of the molecule is C=CC[C@H](CC)C(=O)Nc1ccccc1. The van der Waals surface area contributed by atoms with Crippen molar-refractivity contribution in [3.63, 3.8) is 0 Å². The van der Waals surface area contributed by atoms with Gasteiger partial charge in [0, 0.05) is 11.6 Å². The highest BCUT2D eigenvalue weighted by Gasteiger charge is 2.14. The lowest BCUT2D eigenvalue weighted by molar-refractivity contribution is -0.119. The van der Waals surface area contributed by atoms with Crippen molar-refractivity contribution in [2.45, 2.75) is 19.8 Å². The van der Waals surface area contributed by atoms with Crippen LogP contribution in [0, 0.1) is 5.92 Å². The fourth-order valence-electron chi connectivity index (χ4n) is 1.43. The molecule has 0 aliphatic rings. The third kappa shape index (κ3) is 3.58. The van der Waals surface area contributed by atoms with Gasteiger partial charge in [0.1, 0.15) is 0 Å². The largest absolute Gasteiger partial charge is 0.326 e. The molecule has 0 saturated carbocycles. The second-order valence-corrected chi connectivity index (χ2v) is 3.48. The molecule has 0 aromatic heterocycles. The van der Waals surface area contributed by atoms with Gasteiger partial charge in [0.05, 0.1) is 0 Å². The van der Waals surface area contributed by atoms with Gasteiger partial charge in [0.15, 0.2) is 0 Å². The van der Waals surface area contributed by atoms with Crippen LogP contribution in [0.1, 0.15) is 19.8 Å². The summed E-state index contributed by atoms with van der Waals surface area (Å²) in [4.78, 5) is 11.8. The number of carbonyl (C=O) groups is 1. The number of anilines is 1. The van der Waals surface area contributed by atoms with Gasteiger partial charge in [-0.2, -0.15) is 0 Å². The van der Waals surface area contributed by atoms with Gasteiger partial charge in [0.2, 0.25) is 5.91 Å². The minimum Gasteiger partial charge on any atom is -0.326 e. The standard InChI is InChI=1S/C13H17NO/c1-3-8-11(4-2)13(15)14-12-9-6-5-7-10-12/h3,5-7,9-11H,1,4,8H2,2H3,(H,14,15)/t11-/m0/s1. The maximum Gasteiger partial charge on any atom is 0.227 e. The molecule has 1 aromatic rings. The number of rotatable bonds is 5. The van der Waals surface area contributed by atoms with E-state index in [0.717, 1.165) is 18.5 Å². The van der Waals surface area contributed by atoms with Crippen molar-refractivity contribution in [3.8, 4) is 0 Å². The van der Waals surface area contributed by atoms with Gasteiger partial charge in [-0.05, 0) is 25.0 Å². The lowest BCUT2D eigenvalue weighted by atomic mass is 10.0. The number of benzene rings is 1. The number of hydrogen-bond donors (Lipinski definition) is 1. The van der Waals surface area contributed by atoms with Crippen LogP contribution in [0.2, 0.25) is 0 Å². The fourth-order valence-corrected chi connectivity index (χ4v) is 1.43. The molecule has 2 heteroatoms.